The number of halogens is 1. The summed E-state index contributed by atoms with van der Waals surface area (Å²) in [6.07, 6.45) is 3.45. The molecule has 1 saturated heterocycles. The van der Waals surface area contributed by atoms with E-state index < -0.39 is 0 Å². The van der Waals surface area contributed by atoms with Gasteiger partial charge in [0.05, 0.1) is 12.6 Å². The third-order valence-electron chi connectivity index (χ3n) is 4.96. The summed E-state index contributed by atoms with van der Waals surface area (Å²) in [4.78, 5) is 26.3. The van der Waals surface area contributed by atoms with Gasteiger partial charge in [0.1, 0.15) is 5.82 Å². The number of hydrogen-bond donors (Lipinski definition) is 1. The smallest absolute Gasteiger partial charge is 0.236 e. The first-order valence-electron chi connectivity index (χ1n) is 9.53. The van der Waals surface area contributed by atoms with Crippen LogP contribution in [-0.4, -0.2) is 53.5 Å². The van der Waals surface area contributed by atoms with Crippen LogP contribution in [0.15, 0.2) is 60.2 Å². The zero-order valence-corrected chi connectivity index (χ0v) is 16.7. The quantitative estimate of drug-likeness (QED) is 0.676. The van der Waals surface area contributed by atoms with Crippen molar-refractivity contribution < 1.29 is 9.18 Å². The topological polar surface area (TPSA) is 61.4 Å². The molecule has 1 aliphatic rings. The van der Waals surface area contributed by atoms with Crippen molar-refractivity contribution in [1.82, 2.24) is 20.2 Å². The standard InChI is InChI=1S/C21H22FN5OS/c22-17-6-4-16(5-7-17)20(18-3-1-14-29-18)25-15-19(28)26-10-12-27(13-11-26)21-23-8-2-9-24-21/h1-9,14,20,25H,10-13,15H2/t20-/m1/s1. The molecule has 0 bridgehead atoms. The van der Waals surface area contributed by atoms with Gasteiger partial charge >= 0.3 is 0 Å². The fraction of sp³-hybridized carbons (Fsp3) is 0.286. The highest BCUT2D eigenvalue weighted by Gasteiger charge is 2.23. The van der Waals surface area contributed by atoms with Crippen molar-refractivity contribution in [3.63, 3.8) is 0 Å². The van der Waals surface area contributed by atoms with Crippen molar-refractivity contribution in [2.24, 2.45) is 0 Å². The number of nitrogens with one attached hydrogen (secondary N) is 1. The molecule has 3 heterocycles. The second-order valence-corrected chi connectivity index (χ2v) is 7.78. The molecule has 150 valence electrons. The SMILES string of the molecule is O=C(CN[C@H](c1ccc(F)cc1)c1cccs1)N1CCN(c2ncccn2)CC1. The molecule has 0 unspecified atom stereocenters. The second kappa shape index (κ2) is 9.11. The van der Waals surface area contributed by atoms with E-state index in [1.54, 1.807) is 41.9 Å². The van der Waals surface area contributed by atoms with Gasteiger partial charge in [0.2, 0.25) is 11.9 Å². The molecule has 29 heavy (non-hydrogen) atoms. The minimum atomic E-state index is -0.268. The van der Waals surface area contributed by atoms with E-state index in [9.17, 15) is 9.18 Å². The van der Waals surface area contributed by atoms with Gasteiger partial charge in [-0.2, -0.15) is 0 Å². The maximum absolute atomic E-state index is 13.3. The van der Waals surface area contributed by atoms with Crippen LogP contribution >= 0.6 is 11.3 Å². The maximum atomic E-state index is 13.3. The van der Waals surface area contributed by atoms with Crippen molar-refractivity contribution in [3.8, 4) is 0 Å². The first kappa shape index (κ1) is 19.5. The predicted molar refractivity (Wildman–Crippen MR) is 111 cm³/mol. The average Bonchev–Trinajstić information content (AvgIpc) is 3.30. The van der Waals surface area contributed by atoms with Crippen LogP contribution in [0.2, 0.25) is 0 Å². The summed E-state index contributed by atoms with van der Waals surface area (Å²) in [5.74, 6) is 0.490. The lowest BCUT2D eigenvalue weighted by molar-refractivity contribution is -0.130. The lowest BCUT2D eigenvalue weighted by atomic mass is 10.1. The fourth-order valence-electron chi connectivity index (χ4n) is 3.41. The highest BCUT2D eigenvalue weighted by Crippen LogP contribution is 2.26. The number of carbonyl (C=O) groups excluding carboxylic acids is 1. The molecule has 1 atom stereocenters. The molecule has 0 aliphatic carbocycles. The van der Waals surface area contributed by atoms with E-state index in [-0.39, 0.29) is 24.3 Å². The Labute approximate surface area is 173 Å². The van der Waals surface area contributed by atoms with Crippen LogP contribution in [0.4, 0.5) is 10.3 Å². The number of rotatable bonds is 6. The van der Waals surface area contributed by atoms with Gasteiger partial charge in [-0.15, -0.1) is 11.3 Å². The first-order chi connectivity index (χ1) is 14.2. The number of anilines is 1. The largest absolute Gasteiger partial charge is 0.338 e. The molecular formula is C21H22FN5OS. The number of hydrogen-bond acceptors (Lipinski definition) is 6. The number of carbonyl (C=O) groups is 1. The van der Waals surface area contributed by atoms with Crippen LogP contribution in [-0.2, 0) is 4.79 Å². The molecule has 0 saturated carbocycles. The highest BCUT2D eigenvalue weighted by atomic mass is 32.1. The summed E-state index contributed by atoms with van der Waals surface area (Å²) in [5, 5.41) is 5.36. The number of aromatic nitrogens is 2. The Balaban J connectivity index is 1.36. The van der Waals surface area contributed by atoms with Crippen molar-refractivity contribution >= 4 is 23.2 Å². The molecule has 1 aromatic carbocycles. The normalized spacial score (nSPS) is 15.3. The summed E-state index contributed by atoms with van der Waals surface area (Å²) in [6.45, 7) is 2.92. The molecule has 8 heteroatoms. The van der Waals surface area contributed by atoms with E-state index in [1.165, 1.54) is 12.1 Å². The molecule has 0 spiro atoms. The second-order valence-electron chi connectivity index (χ2n) is 6.80. The molecule has 3 aromatic rings. The summed E-state index contributed by atoms with van der Waals surface area (Å²) >= 11 is 1.61. The Bertz CT molecular complexity index is 912. The van der Waals surface area contributed by atoms with Crippen molar-refractivity contribution in [1.29, 1.82) is 0 Å². The number of benzene rings is 1. The van der Waals surface area contributed by atoms with Gasteiger partial charge in [0.25, 0.3) is 0 Å². The van der Waals surface area contributed by atoms with E-state index >= 15 is 0 Å². The minimum Gasteiger partial charge on any atom is -0.338 e. The number of thiophene rings is 1. The Kier molecular flexibility index (Phi) is 6.12. The van der Waals surface area contributed by atoms with Gasteiger partial charge in [-0.05, 0) is 35.2 Å². The Morgan fingerprint density at radius 2 is 1.79 bits per heavy atom. The van der Waals surface area contributed by atoms with Crippen LogP contribution in [0.5, 0.6) is 0 Å². The van der Waals surface area contributed by atoms with Crippen molar-refractivity contribution in [2.45, 2.75) is 6.04 Å². The summed E-state index contributed by atoms with van der Waals surface area (Å²) in [6, 6.07) is 12.1. The number of nitrogens with zero attached hydrogens (tertiary/aromatic N) is 4. The Hall–Kier alpha value is -2.84. The lowest BCUT2D eigenvalue weighted by Crippen LogP contribution is -2.51. The Morgan fingerprint density at radius 3 is 2.45 bits per heavy atom. The predicted octanol–water partition coefficient (Wildman–Crippen LogP) is 2.71. The molecule has 1 N–H and O–H groups in total. The monoisotopic (exact) mass is 411 g/mol. The summed E-state index contributed by atoms with van der Waals surface area (Å²) < 4.78 is 13.3. The van der Waals surface area contributed by atoms with Gasteiger partial charge in [0, 0.05) is 43.4 Å². The molecule has 2 aromatic heterocycles. The van der Waals surface area contributed by atoms with Gasteiger partial charge in [-0.1, -0.05) is 18.2 Å². The third kappa shape index (κ3) is 4.78. The maximum Gasteiger partial charge on any atom is 0.236 e. The fourth-order valence-corrected chi connectivity index (χ4v) is 4.23. The molecule has 6 nitrogen and oxygen atoms in total. The zero-order chi connectivity index (χ0) is 20.1. The third-order valence-corrected chi connectivity index (χ3v) is 5.89. The van der Waals surface area contributed by atoms with Gasteiger partial charge in [-0.25, -0.2) is 14.4 Å². The van der Waals surface area contributed by atoms with Crippen molar-refractivity contribution in [2.75, 3.05) is 37.6 Å². The van der Waals surface area contributed by atoms with E-state index in [1.807, 2.05) is 22.4 Å². The number of piperazine rings is 1. The molecular weight excluding hydrogens is 389 g/mol. The summed E-state index contributed by atoms with van der Waals surface area (Å²) in [5.41, 5.74) is 0.938. The van der Waals surface area contributed by atoms with Crippen LogP contribution in [0.3, 0.4) is 0 Å². The van der Waals surface area contributed by atoms with Crippen LogP contribution in [0, 0.1) is 5.82 Å². The van der Waals surface area contributed by atoms with Gasteiger partial charge in [0.15, 0.2) is 0 Å². The minimum absolute atomic E-state index is 0.0577. The Morgan fingerprint density at radius 1 is 1.07 bits per heavy atom. The molecule has 4 rings (SSSR count). The molecule has 0 radical (unpaired) electrons. The van der Waals surface area contributed by atoms with E-state index in [2.05, 4.69) is 20.2 Å². The average molecular weight is 412 g/mol. The van der Waals surface area contributed by atoms with Gasteiger partial charge in [-0.3, -0.25) is 10.1 Å². The van der Waals surface area contributed by atoms with Gasteiger partial charge < -0.3 is 9.80 Å². The van der Waals surface area contributed by atoms with Crippen LogP contribution < -0.4 is 10.2 Å². The van der Waals surface area contributed by atoms with Crippen LogP contribution in [0.25, 0.3) is 0 Å². The first-order valence-corrected chi connectivity index (χ1v) is 10.4. The molecule has 1 aliphatic heterocycles. The van der Waals surface area contributed by atoms with E-state index in [4.69, 9.17) is 0 Å². The highest BCUT2D eigenvalue weighted by molar-refractivity contribution is 7.10. The van der Waals surface area contributed by atoms with Crippen LogP contribution in [0.1, 0.15) is 16.5 Å². The molecule has 1 fully saturated rings. The van der Waals surface area contributed by atoms with Crippen molar-refractivity contribution in [3.05, 3.63) is 76.5 Å². The summed E-state index contributed by atoms with van der Waals surface area (Å²) in [7, 11) is 0. The van der Waals surface area contributed by atoms with E-state index in [0.717, 1.165) is 10.4 Å². The van der Waals surface area contributed by atoms with E-state index in [0.29, 0.717) is 32.1 Å². The lowest BCUT2D eigenvalue weighted by Gasteiger charge is -2.35. The molecule has 1 amide bonds. The zero-order valence-electron chi connectivity index (χ0n) is 15.9. The number of amides is 1.